The number of fused-ring (bicyclic) bond motifs is 1. The van der Waals surface area contributed by atoms with Crippen LogP contribution in [0.15, 0.2) is 24.3 Å². The molecule has 0 saturated carbocycles. The van der Waals surface area contributed by atoms with Gasteiger partial charge in [-0.3, -0.25) is 0 Å². The lowest BCUT2D eigenvalue weighted by Gasteiger charge is -2.10. The Morgan fingerprint density at radius 1 is 0.952 bits per heavy atom. The molecule has 3 nitrogen and oxygen atoms in total. The van der Waals surface area contributed by atoms with Crippen molar-refractivity contribution in [2.45, 2.75) is 38.5 Å². The summed E-state index contributed by atoms with van der Waals surface area (Å²) in [4.78, 5) is 8.95. The van der Waals surface area contributed by atoms with E-state index in [0.29, 0.717) is 11.6 Å². The highest BCUT2D eigenvalue weighted by Gasteiger charge is 2.16. The normalized spacial score (nSPS) is 14.8. The second kappa shape index (κ2) is 5.76. The van der Waals surface area contributed by atoms with Crippen molar-refractivity contribution in [1.29, 1.82) is 0 Å². The van der Waals surface area contributed by atoms with Crippen LogP contribution in [-0.2, 0) is 12.8 Å². The second-order valence-corrected chi connectivity index (χ2v) is 5.34. The lowest BCUT2D eigenvalue weighted by atomic mass is 10.1. The van der Waals surface area contributed by atoms with Crippen molar-refractivity contribution in [3.8, 4) is 11.4 Å². The average molecular weight is 289 g/mol. The highest BCUT2D eigenvalue weighted by atomic mass is 19.3. The Kier molecular flexibility index (Phi) is 3.82. The van der Waals surface area contributed by atoms with Gasteiger partial charge in [0.25, 0.3) is 6.43 Å². The molecule has 0 bridgehead atoms. The van der Waals surface area contributed by atoms with Gasteiger partial charge in [-0.25, -0.2) is 18.7 Å². The van der Waals surface area contributed by atoms with Crippen LogP contribution >= 0.6 is 0 Å². The summed E-state index contributed by atoms with van der Waals surface area (Å²) < 4.78 is 25.2. The molecule has 1 aromatic carbocycles. The second-order valence-electron chi connectivity index (χ2n) is 5.34. The third-order valence-corrected chi connectivity index (χ3v) is 3.89. The predicted molar refractivity (Wildman–Crippen MR) is 78.1 cm³/mol. The fourth-order valence-electron chi connectivity index (χ4n) is 2.71. The first-order chi connectivity index (χ1) is 10.1. The van der Waals surface area contributed by atoms with Crippen molar-refractivity contribution in [2.75, 3.05) is 5.73 Å². The molecule has 0 radical (unpaired) electrons. The third kappa shape index (κ3) is 2.86. The number of aryl methyl sites for hydroxylation is 1. The van der Waals surface area contributed by atoms with Crippen LogP contribution in [0.2, 0.25) is 0 Å². The quantitative estimate of drug-likeness (QED) is 0.852. The van der Waals surface area contributed by atoms with Gasteiger partial charge < -0.3 is 5.73 Å². The minimum atomic E-state index is -2.46. The molecule has 0 fully saturated rings. The number of nitrogens with zero attached hydrogens (tertiary/aromatic N) is 2. The first-order valence-corrected chi connectivity index (χ1v) is 7.19. The van der Waals surface area contributed by atoms with Gasteiger partial charge in [-0.15, -0.1) is 0 Å². The van der Waals surface area contributed by atoms with Crippen LogP contribution in [0.4, 0.5) is 14.6 Å². The summed E-state index contributed by atoms with van der Waals surface area (Å²) in [6, 6.07) is 6.06. The van der Waals surface area contributed by atoms with Gasteiger partial charge in [0, 0.05) is 22.4 Å². The summed E-state index contributed by atoms with van der Waals surface area (Å²) in [5, 5.41) is 0. The van der Waals surface area contributed by atoms with Crippen molar-refractivity contribution < 1.29 is 8.78 Å². The van der Waals surface area contributed by atoms with Gasteiger partial charge in [0.1, 0.15) is 5.82 Å². The van der Waals surface area contributed by atoms with Gasteiger partial charge in [-0.1, -0.05) is 30.7 Å². The molecule has 0 unspecified atom stereocenters. The summed E-state index contributed by atoms with van der Waals surface area (Å²) in [6.45, 7) is 0. The summed E-state index contributed by atoms with van der Waals surface area (Å²) in [7, 11) is 0. The van der Waals surface area contributed by atoms with Gasteiger partial charge in [0.2, 0.25) is 0 Å². The minimum absolute atomic E-state index is 0.00137. The Hall–Kier alpha value is -2.04. The molecule has 0 atom stereocenters. The molecule has 2 aromatic rings. The largest absolute Gasteiger partial charge is 0.383 e. The Balaban J connectivity index is 1.99. The number of halogens is 2. The zero-order valence-corrected chi connectivity index (χ0v) is 11.6. The number of hydrogen-bond donors (Lipinski definition) is 1. The molecule has 1 aliphatic carbocycles. The molecule has 0 amide bonds. The van der Waals surface area contributed by atoms with Gasteiger partial charge in [-0.05, 0) is 25.7 Å². The molecule has 21 heavy (non-hydrogen) atoms. The zero-order valence-electron chi connectivity index (χ0n) is 11.6. The van der Waals surface area contributed by atoms with Crippen LogP contribution in [0.3, 0.4) is 0 Å². The molecular formula is C16H17F2N3. The van der Waals surface area contributed by atoms with Crippen molar-refractivity contribution in [3.63, 3.8) is 0 Å². The van der Waals surface area contributed by atoms with Crippen LogP contribution in [0, 0.1) is 0 Å². The SMILES string of the molecule is Nc1nc(-c2ccc(C(F)F)cc2)nc2c1CCCCC2. The van der Waals surface area contributed by atoms with E-state index in [4.69, 9.17) is 5.73 Å². The molecule has 1 aliphatic rings. The Bertz CT molecular complexity index is 639. The van der Waals surface area contributed by atoms with E-state index in [1.807, 2.05) is 0 Å². The molecule has 1 aromatic heterocycles. The fraction of sp³-hybridized carbons (Fsp3) is 0.375. The monoisotopic (exact) mass is 289 g/mol. The van der Waals surface area contributed by atoms with E-state index in [-0.39, 0.29) is 5.56 Å². The van der Waals surface area contributed by atoms with Gasteiger partial charge >= 0.3 is 0 Å². The topological polar surface area (TPSA) is 51.8 Å². The molecule has 0 spiro atoms. The lowest BCUT2D eigenvalue weighted by molar-refractivity contribution is 0.151. The number of rotatable bonds is 2. The lowest BCUT2D eigenvalue weighted by Crippen LogP contribution is -2.06. The van der Waals surface area contributed by atoms with Crippen LogP contribution in [0.1, 0.15) is 42.5 Å². The number of nitrogen functional groups attached to an aromatic ring is 1. The molecule has 0 saturated heterocycles. The van der Waals surface area contributed by atoms with E-state index < -0.39 is 6.43 Å². The molecule has 3 rings (SSSR count). The Morgan fingerprint density at radius 2 is 1.67 bits per heavy atom. The van der Waals surface area contributed by atoms with Gasteiger partial charge in [0.15, 0.2) is 5.82 Å². The standard InChI is InChI=1S/C16H17F2N3/c17-14(18)10-6-8-11(9-7-10)16-20-13-5-3-1-2-4-12(13)15(19)21-16/h6-9,14H,1-5H2,(H2,19,20,21). The molecular weight excluding hydrogens is 272 g/mol. The average Bonchev–Trinajstić information content (AvgIpc) is 2.73. The minimum Gasteiger partial charge on any atom is -0.383 e. The summed E-state index contributed by atoms with van der Waals surface area (Å²) in [5.41, 5.74) is 8.84. The first kappa shape index (κ1) is 13.9. The molecule has 1 heterocycles. The van der Waals surface area contributed by atoms with Crippen LogP contribution < -0.4 is 5.73 Å². The fourth-order valence-corrected chi connectivity index (χ4v) is 2.71. The van der Waals surface area contributed by atoms with E-state index in [1.54, 1.807) is 12.1 Å². The highest BCUT2D eigenvalue weighted by molar-refractivity contribution is 5.59. The maximum atomic E-state index is 12.6. The van der Waals surface area contributed by atoms with Crippen molar-refractivity contribution in [2.24, 2.45) is 0 Å². The Morgan fingerprint density at radius 3 is 2.38 bits per heavy atom. The van der Waals surface area contributed by atoms with Crippen molar-refractivity contribution >= 4 is 5.82 Å². The van der Waals surface area contributed by atoms with Crippen molar-refractivity contribution in [3.05, 3.63) is 41.1 Å². The Labute approximate surface area is 122 Å². The predicted octanol–water partition coefficient (Wildman–Crippen LogP) is 3.93. The van der Waals surface area contributed by atoms with E-state index in [9.17, 15) is 8.78 Å². The van der Waals surface area contributed by atoms with Crippen LogP contribution in [0.5, 0.6) is 0 Å². The van der Waals surface area contributed by atoms with E-state index in [0.717, 1.165) is 42.5 Å². The molecule has 0 aliphatic heterocycles. The maximum absolute atomic E-state index is 12.6. The van der Waals surface area contributed by atoms with E-state index in [1.165, 1.54) is 18.6 Å². The first-order valence-electron chi connectivity index (χ1n) is 7.19. The third-order valence-electron chi connectivity index (χ3n) is 3.89. The number of benzene rings is 1. The number of alkyl halides is 2. The summed E-state index contributed by atoms with van der Waals surface area (Å²) in [5.74, 6) is 1.05. The maximum Gasteiger partial charge on any atom is 0.263 e. The molecule has 5 heteroatoms. The number of aromatic nitrogens is 2. The zero-order chi connectivity index (χ0) is 14.8. The molecule has 2 N–H and O–H groups in total. The summed E-state index contributed by atoms with van der Waals surface area (Å²) in [6.07, 6.45) is 2.76. The van der Waals surface area contributed by atoms with E-state index in [2.05, 4.69) is 9.97 Å². The number of anilines is 1. The number of nitrogens with two attached hydrogens (primary N) is 1. The van der Waals surface area contributed by atoms with Crippen molar-refractivity contribution in [1.82, 2.24) is 9.97 Å². The molecule has 110 valence electrons. The highest BCUT2D eigenvalue weighted by Crippen LogP contribution is 2.27. The van der Waals surface area contributed by atoms with Gasteiger partial charge in [-0.2, -0.15) is 0 Å². The summed E-state index contributed by atoms with van der Waals surface area (Å²) >= 11 is 0. The van der Waals surface area contributed by atoms with E-state index >= 15 is 0 Å². The number of hydrogen-bond acceptors (Lipinski definition) is 3. The smallest absolute Gasteiger partial charge is 0.263 e. The van der Waals surface area contributed by atoms with Crippen LogP contribution in [-0.4, -0.2) is 9.97 Å². The van der Waals surface area contributed by atoms with Gasteiger partial charge in [0.05, 0.1) is 0 Å². The van der Waals surface area contributed by atoms with Crippen LogP contribution in [0.25, 0.3) is 11.4 Å².